The zero-order chi connectivity index (χ0) is 18.3. The van der Waals surface area contributed by atoms with Crippen LogP contribution in [0.25, 0.3) is 22.6 Å². The van der Waals surface area contributed by atoms with Crippen LogP contribution in [-0.4, -0.2) is 37.2 Å². The zero-order valence-electron chi connectivity index (χ0n) is 14.8. The van der Waals surface area contributed by atoms with Crippen molar-refractivity contribution in [3.8, 4) is 17.1 Å². The molecule has 0 spiro atoms. The minimum absolute atomic E-state index is 0.0121. The summed E-state index contributed by atoms with van der Waals surface area (Å²) >= 11 is 0. The van der Waals surface area contributed by atoms with Gasteiger partial charge in [-0.05, 0) is 38.1 Å². The Kier molecular flexibility index (Phi) is 3.76. The van der Waals surface area contributed by atoms with Gasteiger partial charge >= 0.3 is 0 Å². The molecular weight excluding hydrogens is 328 g/mol. The molecule has 0 fully saturated rings. The summed E-state index contributed by atoms with van der Waals surface area (Å²) in [5.41, 5.74) is 4.09. The van der Waals surface area contributed by atoms with Crippen molar-refractivity contribution in [2.75, 3.05) is 12.4 Å². The number of rotatable bonds is 4. The maximum Gasteiger partial charge on any atom is 0.163 e. The quantitative estimate of drug-likeness (QED) is 0.575. The van der Waals surface area contributed by atoms with Crippen LogP contribution in [0.1, 0.15) is 23.0 Å². The van der Waals surface area contributed by atoms with Crippen LogP contribution in [0.4, 0.5) is 5.82 Å². The fourth-order valence-electron chi connectivity index (χ4n) is 2.94. The van der Waals surface area contributed by atoms with Gasteiger partial charge in [0.1, 0.15) is 5.82 Å². The van der Waals surface area contributed by atoms with Crippen molar-refractivity contribution in [3.05, 3.63) is 60.0 Å². The van der Waals surface area contributed by atoms with Crippen molar-refractivity contribution in [1.29, 1.82) is 0 Å². The Morgan fingerprint density at radius 3 is 2.77 bits per heavy atom. The molecule has 7 nitrogen and oxygen atoms in total. The van der Waals surface area contributed by atoms with Crippen LogP contribution < -0.4 is 5.32 Å². The van der Waals surface area contributed by atoms with Crippen LogP contribution in [-0.2, 0) is 0 Å². The molecule has 0 bridgehead atoms. The van der Waals surface area contributed by atoms with E-state index in [4.69, 9.17) is 0 Å². The van der Waals surface area contributed by atoms with E-state index in [1.54, 1.807) is 22.3 Å². The topological polar surface area (TPSA) is 77.1 Å². The van der Waals surface area contributed by atoms with Gasteiger partial charge in [-0.3, -0.25) is 4.79 Å². The van der Waals surface area contributed by atoms with Crippen molar-refractivity contribution in [3.63, 3.8) is 0 Å². The number of hydrogen-bond acceptors (Lipinski definition) is 5. The highest BCUT2D eigenvalue weighted by Crippen LogP contribution is 2.27. The molecule has 7 heteroatoms. The molecular formula is C19H18N6O. The predicted octanol–water partition coefficient (Wildman–Crippen LogP) is 3.13. The second kappa shape index (κ2) is 6.11. The van der Waals surface area contributed by atoms with Crippen molar-refractivity contribution < 1.29 is 4.79 Å². The lowest BCUT2D eigenvalue weighted by molar-refractivity contribution is 0.101. The average molecular weight is 346 g/mol. The normalized spacial score (nSPS) is 11.0. The Hall–Kier alpha value is -3.48. The molecule has 0 saturated heterocycles. The molecule has 4 aromatic rings. The van der Waals surface area contributed by atoms with E-state index in [0.717, 1.165) is 34.1 Å². The molecule has 0 aromatic carbocycles. The number of nitrogens with zero attached hydrogens (tertiary/aromatic N) is 5. The number of carbonyl (C=O) groups is 1. The molecule has 1 N–H and O–H groups in total. The maximum atomic E-state index is 11.9. The van der Waals surface area contributed by atoms with Gasteiger partial charge in [0.15, 0.2) is 11.6 Å². The van der Waals surface area contributed by atoms with E-state index >= 15 is 0 Å². The monoisotopic (exact) mass is 346 g/mol. The maximum absolute atomic E-state index is 11.9. The summed E-state index contributed by atoms with van der Waals surface area (Å²) in [7, 11) is 1.83. The Morgan fingerprint density at radius 1 is 1.19 bits per heavy atom. The largest absolute Gasteiger partial charge is 0.372 e. The zero-order valence-corrected chi connectivity index (χ0v) is 14.8. The van der Waals surface area contributed by atoms with Crippen LogP contribution in [0.5, 0.6) is 0 Å². The van der Waals surface area contributed by atoms with E-state index in [1.807, 2.05) is 56.6 Å². The number of nitrogens with one attached hydrogen (secondary N) is 1. The number of aryl methyl sites for hydroxylation is 1. The van der Waals surface area contributed by atoms with Gasteiger partial charge in [0, 0.05) is 30.6 Å². The first kappa shape index (κ1) is 16.0. The Bertz CT molecular complexity index is 1120. The smallest absolute Gasteiger partial charge is 0.163 e. The van der Waals surface area contributed by atoms with Gasteiger partial charge in [0.25, 0.3) is 0 Å². The molecule has 4 aromatic heterocycles. The molecule has 4 heterocycles. The minimum Gasteiger partial charge on any atom is -0.372 e. The van der Waals surface area contributed by atoms with Gasteiger partial charge in [-0.25, -0.2) is 14.2 Å². The van der Waals surface area contributed by atoms with E-state index in [-0.39, 0.29) is 5.78 Å². The lowest BCUT2D eigenvalue weighted by atomic mass is 10.1. The van der Waals surface area contributed by atoms with E-state index in [1.165, 1.54) is 0 Å². The van der Waals surface area contributed by atoms with Crippen LogP contribution in [0.3, 0.4) is 0 Å². The summed E-state index contributed by atoms with van der Waals surface area (Å²) in [5.74, 6) is 1.46. The van der Waals surface area contributed by atoms with E-state index in [2.05, 4.69) is 20.5 Å². The first-order valence-electron chi connectivity index (χ1n) is 8.27. The van der Waals surface area contributed by atoms with Crippen molar-refractivity contribution >= 4 is 17.1 Å². The number of ketones is 1. The van der Waals surface area contributed by atoms with Gasteiger partial charge in [-0.1, -0.05) is 6.07 Å². The fraction of sp³-hybridized carbons (Fsp3) is 0.158. The first-order valence-corrected chi connectivity index (χ1v) is 8.27. The highest BCUT2D eigenvalue weighted by Gasteiger charge is 2.15. The van der Waals surface area contributed by atoms with Crippen LogP contribution in [0, 0.1) is 6.92 Å². The summed E-state index contributed by atoms with van der Waals surface area (Å²) < 4.78 is 3.50. The molecule has 0 atom stereocenters. The summed E-state index contributed by atoms with van der Waals surface area (Å²) in [6.07, 6.45) is 3.44. The van der Waals surface area contributed by atoms with E-state index in [0.29, 0.717) is 5.56 Å². The predicted molar refractivity (Wildman–Crippen MR) is 99.8 cm³/mol. The van der Waals surface area contributed by atoms with Crippen LogP contribution in [0.2, 0.25) is 0 Å². The number of fused-ring (bicyclic) bond motifs is 1. The van der Waals surface area contributed by atoms with Gasteiger partial charge in [0.2, 0.25) is 0 Å². The fourth-order valence-corrected chi connectivity index (χ4v) is 2.94. The molecule has 0 saturated carbocycles. The molecule has 0 aliphatic rings. The first-order chi connectivity index (χ1) is 12.6. The number of hydrogen-bond donors (Lipinski definition) is 1. The third kappa shape index (κ3) is 2.63. The molecule has 0 aliphatic heterocycles. The standard InChI is InChI=1S/C19H18N6O/c1-12-5-4-6-19(22-12)25-16(10-18(20-3)23-25)14-7-8-24-17(9-14)15(11-21-24)13(2)26/h4-11H,1-3H3,(H,20,23). The molecule has 0 unspecified atom stereocenters. The SMILES string of the molecule is CNc1cc(-c2ccn3ncc(C(C)=O)c3c2)n(-c2cccc(C)n2)n1. The van der Waals surface area contributed by atoms with Crippen molar-refractivity contribution in [2.45, 2.75) is 13.8 Å². The van der Waals surface area contributed by atoms with E-state index in [9.17, 15) is 4.79 Å². The van der Waals surface area contributed by atoms with Gasteiger partial charge in [-0.2, -0.15) is 5.10 Å². The van der Waals surface area contributed by atoms with Gasteiger partial charge < -0.3 is 5.32 Å². The summed E-state index contributed by atoms with van der Waals surface area (Å²) in [5, 5.41) is 11.9. The number of aromatic nitrogens is 5. The number of carbonyl (C=O) groups excluding carboxylic acids is 1. The van der Waals surface area contributed by atoms with E-state index < -0.39 is 0 Å². The Labute approximate surface area is 150 Å². The molecule has 4 rings (SSSR count). The number of Topliss-reactive ketones (excluding diaryl/α,β-unsaturated/α-hetero) is 1. The van der Waals surface area contributed by atoms with Gasteiger partial charge in [0.05, 0.1) is 23.0 Å². The lowest BCUT2D eigenvalue weighted by Crippen LogP contribution is -2.03. The highest BCUT2D eigenvalue weighted by atomic mass is 16.1. The molecule has 0 amide bonds. The second-order valence-electron chi connectivity index (χ2n) is 6.07. The highest BCUT2D eigenvalue weighted by molar-refractivity contribution is 6.01. The summed E-state index contributed by atoms with van der Waals surface area (Å²) in [6, 6.07) is 11.7. The minimum atomic E-state index is -0.0121. The molecule has 0 radical (unpaired) electrons. The Morgan fingerprint density at radius 2 is 2.04 bits per heavy atom. The molecule has 130 valence electrons. The van der Waals surface area contributed by atoms with Gasteiger partial charge in [-0.15, -0.1) is 5.10 Å². The van der Waals surface area contributed by atoms with Crippen LogP contribution in [0.15, 0.2) is 48.8 Å². The Balaban J connectivity index is 1.92. The summed E-state index contributed by atoms with van der Waals surface area (Å²) in [4.78, 5) is 16.4. The lowest BCUT2D eigenvalue weighted by Gasteiger charge is -2.08. The van der Waals surface area contributed by atoms with Crippen molar-refractivity contribution in [1.82, 2.24) is 24.4 Å². The van der Waals surface area contributed by atoms with Crippen molar-refractivity contribution in [2.24, 2.45) is 0 Å². The number of pyridine rings is 2. The second-order valence-corrected chi connectivity index (χ2v) is 6.07. The van der Waals surface area contributed by atoms with Crippen LogP contribution >= 0.6 is 0 Å². The summed E-state index contributed by atoms with van der Waals surface area (Å²) in [6.45, 7) is 3.49. The average Bonchev–Trinajstić information content (AvgIpc) is 3.25. The third-order valence-corrected chi connectivity index (χ3v) is 4.25. The molecule has 0 aliphatic carbocycles. The molecule has 26 heavy (non-hydrogen) atoms. The number of anilines is 1. The third-order valence-electron chi connectivity index (χ3n) is 4.25.